The van der Waals surface area contributed by atoms with E-state index in [1.54, 1.807) is 13.2 Å². The van der Waals surface area contributed by atoms with Gasteiger partial charge in [0.05, 0.1) is 12.7 Å². The molecule has 7 nitrogen and oxygen atoms in total. The second-order valence-electron chi connectivity index (χ2n) is 8.13. The van der Waals surface area contributed by atoms with E-state index in [0.29, 0.717) is 31.5 Å². The highest BCUT2D eigenvalue weighted by molar-refractivity contribution is 5.79. The first-order chi connectivity index (χ1) is 14.4. The second kappa shape index (κ2) is 11.6. The molecule has 7 heteroatoms. The lowest BCUT2D eigenvalue weighted by molar-refractivity contribution is 0.221. The molecule has 0 saturated heterocycles. The summed E-state index contributed by atoms with van der Waals surface area (Å²) in [6, 6.07) is 8.09. The summed E-state index contributed by atoms with van der Waals surface area (Å²) >= 11 is 0. The van der Waals surface area contributed by atoms with E-state index in [4.69, 9.17) is 9.15 Å². The molecule has 2 aromatic rings. The largest absolute Gasteiger partial charge is 0.492 e. The average Bonchev–Trinajstić information content (AvgIpc) is 3.22. The summed E-state index contributed by atoms with van der Waals surface area (Å²) in [5, 5.41) is 6.58. The van der Waals surface area contributed by atoms with Crippen molar-refractivity contribution in [2.24, 2.45) is 4.99 Å². The number of nitrogens with zero attached hydrogens (tertiary/aromatic N) is 3. The number of aliphatic imine (C=N–C) groups is 1. The third-order valence-electron chi connectivity index (χ3n) is 4.90. The van der Waals surface area contributed by atoms with E-state index in [0.717, 1.165) is 36.7 Å². The van der Waals surface area contributed by atoms with Gasteiger partial charge in [0.15, 0.2) is 5.96 Å². The average molecular weight is 416 g/mol. The Morgan fingerprint density at radius 3 is 2.47 bits per heavy atom. The van der Waals surface area contributed by atoms with E-state index in [-0.39, 0.29) is 5.41 Å². The van der Waals surface area contributed by atoms with Crippen LogP contribution in [0.5, 0.6) is 5.75 Å². The van der Waals surface area contributed by atoms with Crippen molar-refractivity contribution in [1.82, 2.24) is 20.5 Å². The SMILES string of the molecule is CCN(CC)CCOc1ccccc1CNC(=NC)NCc1ncc(C(C)(C)C)o1. The molecule has 0 amide bonds. The summed E-state index contributed by atoms with van der Waals surface area (Å²) in [6.07, 6.45) is 1.79. The van der Waals surface area contributed by atoms with E-state index in [1.807, 2.05) is 18.2 Å². The van der Waals surface area contributed by atoms with E-state index >= 15 is 0 Å². The third-order valence-corrected chi connectivity index (χ3v) is 4.90. The van der Waals surface area contributed by atoms with Gasteiger partial charge in [0.1, 0.15) is 18.1 Å². The van der Waals surface area contributed by atoms with Crippen LogP contribution in [0.1, 0.15) is 51.8 Å². The fourth-order valence-electron chi connectivity index (χ4n) is 2.91. The minimum absolute atomic E-state index is 0.0554. The van der Waals surface area contributed by atoms with Crippen molar-refractivity contribution >= 4 is 5.96 Å². The Morgan fingerprint density at radius 2 is 1.83 bits per heavy atom. The molecular weight excluding hydrogens is 378 g/mol. The molecule has 1 aromatic carbocycles. The first-order valence-electron chi connectivity index (χ1n) is 10.7. The Hall–Kier alpha value is -2.54. The van der Waals surface area contributed by atoms with Crippen LogP contribution < -0.4 is 15.4 Å². The number of hydrogen-bond acceptors (Lipinski definition) is 5. The van der Waals surface area contributed by atoms with Crippen LogP contribution in [0.3, 0.4) is 0 Å². The van der Waals surface area contributed by atoms with Crippen molar-refractivity contribution in [2.75, 3.05) is 33.3 Å². The zero-order valence-corrected chi connectivity index (χ0v) is 19.3. The van der Waals surface area contributed by atoms with Gasteiger partial charge < -0.3 is 24.7 Å². The number of aromatic nitrogens is 1. The zero-order chi connectivity index (χ0) is 22.0. The molecular formula is C23H37N5O2. The van der Waals surface area contributed by atoms with Crippen LogP contribution in [-0.2, 0) is 18.5 Å². The van der Waals surface area contributed by atoms with Gasteiger partial charge in [-0.15, -0.1) is 0 Å². The number of oxazole rings is 1. The van der Waals surface area contributed by atoms with Crippen molar-refractivity contribution in [1.29, 1.82) is 0 Å². The topological polar surface area (TPSA) is 74.9 Å². The molecule has 0 spiro atoms. The molecule has 0 aliphatic rings. The van der Waals surface area contributed by atoms with Gasteiger partial charge in [-0.3, -0.25) is 4.99 Å². The van der Waals surface area contributed by atoms with Gasteiger partial charge in [0, 0.05) is 31.1 Å². The van der Waals surface area contributed by atoms with E-state index in [1.165, 1.54) is 0 Å². The number of para-hydroxylation sites is 1. The number of benzene rings is 1. The van der Waals surface area contributed by atoms with E-state index in [2.05, 4.69) is 66.2 Å². The molecule has 1 aromatic heterocycles. The lowest BCUT2D eigenvalue weighted by atomic mass is 9.94. The molecule has 2 rings (SSSR count). The highest BCUT2D eigenvalue weighted by atomic mass is 16.5. The van der Waals surface area contributed by atoms with Gasteiger partial charge in [0.25, 0.3) is 0 Å². The number of rotatable bonds is 10. The predicted molar refractivity (Wildman–Crippen MR) is 122 cm³/mol. The molecule has 0 aliphatic heterocycles. The standard InChI is InChI=1S/C23H37N5O2/c1-7-28(8-2)13-14-29-19-12-10-9-11-18(19)15-26-22(24-6)27-17-21-25-16-20(30-21)23(3,4)5/h9-12,16H,7-8,13-15,17H2,1-6H3,(H2,24,26,27). The summed E-state index contributed by atoms with van der Waals surface area (Å²) in [6.45, 7) is 15.4. The van der Waals surface area contributed by atoms with Crippen molar-refractivity contribution in [3.05, 3.63) is 47.7 Å². The first-order valence-corrected chi connectivity index (χ1v) is 10.7. The summed E-state index contributed by atoms with van der Waals surface area (Å²) < 4.78 is 11.9. The fraction of sp³-hybridized carbons (Fsp3) is 0.565. The van der Waals surface area contributed by atoms with Crippen molar-refractivity contribution in [3.63, 3.8) is 0 Å². The number of hydrogen-bond donors (Lipinski definition) is 2. The summed E-state index contributed by atoms with van der Waals surface area (Å²) in [7, 11) is 1.75. The van der Waals surface area contributed by atoms with Crippen LogP contribution in [0.15, 0.2) is 39.9 Å². The zero-order valence-electron chi connectivity index (χ0n) is 19.3. The van der Waals surface area contributed by atoms with Crippen LogP contribution >= 0.6 is 0 Å². The third kappa shape index (κ3) is 7.37. The fourth-order valence-corrected chi connectivity index (χ4v) is 2.91. The monoisotopic (exact) mass is 415 g/mol. The summed E-state index contributed by atoms with van der Waals surface area (Å²) in [4.78, 5) is 11.0. The molecule has 0 aliphatic carbocycles. The Labute approximate surface area is 180 Å². The molecule has 0 atom stereocenters. The number of nitrogens with one attached hydrogen (secondary N) is 2. The van der Waals surface area contributed by atoms with Crippen LogP contribution in [0.2, 0.25) is 0 Å². The molecule has 166 valence electrons. The van der Waals surface area contributed by atoms with Gasteiger partial charge in [0.2, 0.25) is 5.89 Å². The molecule has 2 N–H and O–H groups in total. The predicted octanol–water partition coefficient (Wildman–Crippen LogP) is 3.56. The van der Waals surface area contributed by atoms with Gasteiger partial charge in [-0.05, 0) is 19.2 Å². The summed E-state index contributed by atoms with van der Waals surface area (Å²) in [5.41, 5.74) is 1.03. The number of guanidine groups is 1. The van der Waals surface area contributed by atoms with Gasteiger partial charge in [-0.2, -0.15) is 0 Å². The number of ether oxygens (including phenoxy) is 1. The Bertz CT molecular complexity index is 791. The molecule has 0 saturated carbocycles. The van der Waals surface area contributed by atoms with Gasteiger partial charge >= 0.3 is 0 Å². The molecule has 30 heavy (non-hydrogen) atoms. The van der Waals surface area contributed by atoms with Crippen LogP contribution in [0.4, 0.5) is 0 Å². The van der Waals surface area contributed by atoms with Crippen molar-refractivity contribution < 1.29 is 9.15 Å². The van der Waals surface area contributed by atoms with Crippen LogP contribution in [-0.4, -0.2) is 49.1 Å². The van der Waals surface area contributed by atoms with E-state index < -0.39 is 0 Å². The minimum Gasteiger partial charge on any atom is -0.492 e. The maximum absolute atomic E-state index is 6.03. The maximum atomic E-state index is 6.03. The highest BCUT2D eigenvalue weighted by Gasteiger charge is 2.19. The molecule has 0 radical (unpaired) electrons. The smallest absolute Gasteiger partial charge is 0.213 e. The maximum Gasteiger partial charge on any atom is 0.213 e. The van der Waals surface area contributed by atoms with Gasteiger partial charge in [-0.25, -0.2) is 4.98 Å². The van der Waals surface area contributed by atoms with Gasteiger partial charge in [-0.1, -0.05) is 52.8 Å². The second-order valence-corrected chi connectivity index (χ2v) is 8.13. The van der Waals surface area contributed by atoms with Crippen molar-refractivity contribution in [3.8, 4) is 5.75 Å². The normalized spacial score (nSPS) is 12.3. The lowest BCUT2D eigenvalue weighted by Crippen LogP contribution is -2.36. The summed E-state index contributed by atoms with van der Waals surface area (Å²) in [5.74, 6) is 3.10. The highest BCUT2D eigenvalue weighted by Crippen LogP contribution is 2.22. The Balaban J connectivity index is 1.87. The van der Waals surface area contributed by atoms with Crippen LogP contribution in [0, 0.1) is 0 Å². The molecule has 0 unspecified atom stereocenters. The quantitative estimate of drug-likeness (QED) is 0.457. The Kier molecular flexibility index (Phi) is 9.17. The lowest BCUT2D eigenvalue weighted by Gasteiger charge is -2.19. The number of likely N-dealkylation sites (N-methyl/N-ethyl adjacent to an activating group) is 1. The Morgan fingerprint density at radius 1 is 1.13 bits per heavy atom. The molecule has 0 bridgehead atoms. The minimum atomic E-state index is -0.0554. The van der Waals surface area contributed by atoms with Crippen molar-refractivity contribution in [2.45, 2.75) is 53.1 Å². The molecule has 1 heterocycles. The van der Waals surface area contributed by atoms with E-state index in [9.17, 15) is 0 Å². The van der Waals surface area contributed by atoms with Crippen LogP contribution in [0.25, 0.3) is 0 Å². The first kappa shape index (κ1) is 23.7. The molecule has 0 fully saturated rings.